The molecule has 1 atom stereocenters. The van der Waals surface area contributed by atoms with Crippen LogP contribution in [0.25, 0.3) is 10.8 Å². The molecule has 1 fully saturated rings. The van der Waals surface area contributed by atoms with Crippen molar-refractivity contribution < 1.29 is 19.1 Å². The van der Waals surface area contributed by atoms with E-state index in [2.05, 4.69) is 10.3 Å². The number of nitrogens with one attached hydrogen (secondary N) is 1. The van der Waals surface area contributed by atoms with E-state index in [4.69, 9.17) is 9.47 Å². The first-order valence-corrected chi connectivity index (χ1v) is 10.3. The van der Waals surface area contributed by atoms with E-state index in [1.807, 2.05) is 30.3 Å². The van der Waals surface area contributed by atoms with E-state index in [1.165, 1.54) is 6.42 Å². The van der Waals surface area contributed by atoms with Crippen molar-refractivity contribution in [3.8, 4) is 0 Å². The molecule has 1 aliphatic rings. The number of ether oxygens (including phenoxy) is 2. The molecule has 0 radical (unpaired) electrons. The first-order valence-electron chi connectivity index (χ1n) is 10.3. The van der Waals surface area contributed by atoms with Crippen LogP contribution in [0, 0.1) is 0 Å². The maximum atomic E-state index is 12.7. The molecular weight excluding hydrogens is 368 g/mol. The van der Waals surface area contributed by atoms with Crippen LogP contribution >= 0.6 is 0 Å². The summed E-state index contributed by atoms with van der Waals surface area (Å²) in [5.41, 5.74) is -0.00165. The lowest BCUT2D eigenvalue weighted by molar-refractivity contribution is -0.151. The highest BCUT2D eigenvalue weighted by molar-refractivity contribution is 5.86. The van der Waals surface area contributed by atoms with E-state index in [-0.39, 0.29) is 18.5 Å². The van der Waals surface area contributed by atoms with Crippen molar-refractivity contribution in [1.29, 1.82) is 0 Å². The van der Waals surface area contributed by atoms with Gasteiger partial charge < -0.3 is 14.8 Å². The van der Waals surface area contributed by atoms with Gasteiger partial charge in [0, 0.05) is 11.6 Å². The number of rotatable bonds is 5. The number of carbonyl (C=O) groups is 2. The lowest BCUT2D eigenvalue weighted by atomic mass is 9.97. The van der Waals surface area contributed by atoms with Gasteiger partial charge in [0.1, 0.15) is 11.7 Å². The molecule has 0 saturated heterocycles. The third-order valence-corrected chi connectivity index (χ3v) is 4.95. The summed E-state index contributed by atoms with van der Waals surface area (Å²) in [7, 11) is 0. The third kappa shape index (κ3) is 6.17. The molecule has 2 aromatic rings. The summed E-state index contributed by atoms with van der Waals surface area (Å²) < 4.78 is 11.1. The number of fused-ring (bicyclic) bond motifs is 1. The van der Waals surface area contributed by atoms with Crippen LogP contribution < -0.4 is 5.32 Å². The molecule has 1 aromatic heterocycles. The molecular formula is C23H30N2O4. The van der Waals surface area contributed by atoms with Gasteiger partial charge in [-0.05, 0) is 57.9 Å². The van der Waals surface area contributed by atoms with E-state index in [9.17, 15) is 9.59 Å². The van der Waals surface area contributed by atoms with Crippen molar-refractivity contribution in [2.75, 3.05) is 0 Å². The monoisotopic (exact) mass is 398 g/mol. The van der Waals surface area contributed by atoms with Gasteiger partial charge in [-0.25, -0.2) is 4.79 Å². The molecule has 1 saturated carbocycles. The van der Waals surface area contributed by atoms with Gasteiger partial charge in [-0.3, -0.25) is 9.78 Å². The maximum Gasteiger partial charge on any atom is 0.408 e. The van der Waals surface area contributed by atoms with Crippen LogP contribution in [0.2, 0.25) is 0 Å². The number of pyridine rings is 1. The highest BCUT2D eigenvalue weighted by Gasteiger charge is 2.27. The second-order valence-corrected chi connectivity index (χ2v) is 8.57. The summed E-state index contributed by atoms with van der Waals surface area (Å²) in [6.07, 6.45) is 6.26. The first-order chi connectivity index (χ1) is 13.8. The number of hydrogen-bond donors (Lipinski definition) is 1. The molecule has 0 spiro atoms. The first kappa shape index (κ1) is 21.1. The predicted octanol–water partition coefficient (Wildman–Crippen LogP) is 5.07. The van der Waals surface area contributed by atoms with E-state index < -0.39 is 17.7 Å². The Labute approximate surface area is 172 Å². The SMILES string of the molecule is CC(C)(C)OC(=O)NC(CC(=O)OC1CCCCC1)c1nccc2ccccc12. The fraction of sp³-hybridized carbons (Fsp3) is 0.522. The third-order valence-electron chi connectivity index (χ3n) is 4.95. The molecule has 1 aromatic carbocycles. The Morgan fingerprint density at radius 1 is 1.14 bits per heavy atom. The Hall–Kier alpha value is -2.63. The van der Waals surface area contributed by atoms with E-state index in [0.29, 0.717) is 5.69 Å². The van der Waals surface area contributed by atoms with Crippen LogP contribution in [0.5, 0.6) is 0 Å². The summed E-state index contributed by atoms with van der Waals surface area (Å²) in [5.74, 6) is -0.326. The lowest BCUT2D eigenvalue weighted by Gasteiger charge is -2.25. The zero-order chi connectivity index (χ0) is 20.9. The van der Waals surface area contributed by atoms with Crippen molar-refractivity contribution in [3.63, 3.8) is 0 Å². The van der Waals surface area contributed by atoms with Crippen LogP contribution in [-0.2, 0) is 14.3 Å². The van der Waals surface area contributed by atoms with Crippen molar-refractivity contribution in [2.24, 2.45) is 0 Å². The minimum absolute atomic E-state index is 0.0107. The number of esters is 1. The molecule has 0 bridgehead atoms. The van der Waals surface area contributed by atoms with Crippen LogP contribution in [0.1, 0.15) is 71.0 Å². The molecule has 1 N–H and O–H groups in total. The molecule has 1 heterocycles. The van der Waals surface area contributed by atoms with Crippen molar-refractivity contribution in [1.82, 2.24) is 10.3 Å². The fourth-order valence-electron chi connectivity index (χ4n) is 3.67. The van der Waals surface area contributed by atoms with Gasteiger partial charge >= 0.3 is 12.1 Å². The number of carbonyl (C=O) groups excluding carboxylic acids is 2. The van der Waals surface area contributed by atoms with Crippen LogP contribution in [0.3, 0.4) is 0 Å². The maximum absolute atomic E-state index is 12.7. The minimum Gasteiger partial charge on any atom is -0.462 e. The minimum atomic E-state index is -0.635. The van der Waals surface area contributed by atoms with E-state index in [0.717, 1.165) is 36.5 Å². The molecule has 6 heteroatoms. The molecule has 156 valence electrons. The molecule has 6 nitrogen and oxygen atoms in total. The normalized spacial score (nSPS) is 16.2. The Kier molecular flexibility index (Phi) is 6.72. The molecule has 1 aliphatic carbocycles. The molecule has 29 heavy (non-hydrogen) atoms. The van der Waals surface area contributed by atoms with Crippen molar-refractivity contribution >= 4 is 22.8 Å². The zero-order valence-corrected chi connectivity index (χ0v) is 17.4. The number of hydrogen-bond acceptors (Lipinski definition) is 5. The molecule has 3 rings (SSSR count). The predicted molar refractivity (Wildman–Crippen MR) is 111 cm³/mol. The van der Waals surface area contributed by atoms with Crippen LogP contribution in [-0.4, -0.2) is 28.8 Å². The number of nitrogens with zero attached hydrogens (tertiary/aromatic N) is 1. The van der Waals surface area contributed by atoms with Gasteiger partial charge in [-0.1, -0.05) is 30.7 Å². The van der Waals surface area contributed by atoms with E-state index >= 15 is 0 Å². The Morgan fingerprint density at radius 3 is 2.59 bits per heavy atom. The summed E-state index contributed by atoms with van der Waals surface area (Å²) >= 11 is 0. The van der Waals surface area contributed by atoms with Gasteiger partial charge in [-0.2, -0.15) is 0 Å². The molecule has 1 amide bonds. The highest BCUT2D eigenvalue weighted by atomic mass is 16.6. The Balaban J connectivity index is 1.81. The van der Waals surface area contributed by atoms with Crippen LogP contribution in [0.15, 0.2) is 36.5 Å². The average molecular weight is 399 g/mol. The van der Waals surface area contributed by atoms with Gasteiger partial charge in [0.05, 0.1) is 18.2 Å². The molecule has 0 aliphatic heterocycles. The standard InChI is InChI=1S/C23H30N2O4/c1-23(2,3)29-22(27)25-19(15-20(26)28-17-10-5-4-6-11-17)21-18-12-8-7-9-16(18)13-14-24-21/h7-9,12-14,17,19H,4-6,10-11,15H2,1-3H3,(H,25,27). The van der Waals surface area contributed by atoms with Gasteiger partial charge in [0.15, 0.2) is 0 Å². The second-order valence-electron chi connectivity index (χ2n) is 8.57. The Bertz CT molecular complexity index is 848. The van der Waals surface area contributed by atoms with Crippen molar-refractivity contribution in [3.05, 3.63) is 42.2 Å². The average Bonchev–Trinajstić information content (AvgIpc) is 2.66. The van der Waals surface area contributed by atoms with E-state index in [1.54, 1.807) is 27.0 Å². The zero-order valence-electron chi connectivity index (χ0n) is 17.4. The van der Waals surface area contributed by atoms with Crippen molar-refractivity contribution in [2.45, 2.75) is 77.0 Å². The lowest BCUT2D eigenvalue weighted by Crippen LogP contribution is -2.36. The van der Waals surface area contributed by atoms with Gasteiger partial charge in [0.2, 0.25) is 0 Å². The largest absolute Gasteiger partial charge is 0.462 e. The summed E-state index contributed by atoms with van der Waals surface area (Å²) in [4.78, 5) is 29.6. The molecule has 1 unspecified atom stereocenters. The van der Waals surface area contributed by atoms with Gasteiger partial charge in [-0.15, -0.1) is 0 Å². The fourth-order valence-corrected chi connectivity index (χ4v) is 3.67. The quantitative estimate of drug-likeness (QED) is 0.712. The number of aromatic nitrogens is 1. The smallest absolute Gasteiger partial charge is 0.408 e. The summed E-state index contributed by atoms with van der Waals surface area (Å²) in [5, 5.41) is 4.71. The Morgan fingerprint density at radius 2 is 1.86 bits per heavy atom. The van der Waals surface area contributed by atoms with Gasteiger partial charge in [0.25, 0.3) is 0 Å². The topological polar surface area (TPSA) is 77.5 Å². The highest BCUT2D eigenvalue weighted by Crippen LogP contribution is 2.27. The number of benzene rings is 1. The summed E-state index contributed by atoms with van der Waals surface area (Å²) in [6, 6.07) is 9.05. The number of amides is 1. The van der Waals surface area contributed by atoms with Crippen LogP contribution in [0.4, 0.5) is 4.79 Å². The second kappa shape index (κ2) is 9.25. The number of alkyl carbamates (subject to hydrolysis) is 1. The summed E-state index contributed by atoms with van der Waals surface area (Å²) in [6.45, 7) is 5.40.